The molecule has 2 rings (SSSR count). The zero-order chi connectivity index (χ0) is 18.9. The van der Waals surface area contributed by atoms with Crippen LogP contribution in [-0.4, -0.2) is 11.6 Å². The fourth-order valence-corrected chi connectivity index (χ4v) is 2.87. The van der Waals surface area contributed by atoms with Gasteiger partial charge in [0, 0.05) is 31.4 Å². The molecule has 0 heterocycles. The van der Waals surface area contributed by atoms with Crippen LogP contribution < -0.4 is 5.73 Å². The summed E-state index contributed by atoms with van der Waals surface area (Å²) in [6.07, 6.45) is 3.98. The average molecular weight is 355 g/mol. The van der Waals surface area contributed by atoms with Crippen LogP contribution in [0.3, 0.4) is 0 Å². The van der Waals surface area contributed by atoms with Gasteiger partial charge in [-0.15, -0.1) is 0 Å². The van der Waals surface area contributed by atoms with Crippen LogP contribution in [0.1, 0.15) is 48.8 Å². The molecule has 0 aliphatic carbocycles. The molecule has 0 radical (unpaired) electrons. The molecule has 2 N–H and O–H groups in total. The van der Waals surface area contributed by atoms with Crippen LogP contribution >= 0.6 is 0 Å². The second kappa shape index (κ2) is 9.85. The van der Waals surface area contributed by atoms with E-state index in [-0.39, 0.29) is 23.8 Å². The molecule has 0 spiro atoms. The topological polar surface area (TPSA) is 60.2 Å². The first-order valence-electron chi connectivity index (χ1n) is 9.07. The Hall–Kier alpha value is -2.49. The summed E-state index contributed by atoms with van der Waals surface area (Å²) in [4.78, 5) is 24.0. The van der Waals surface area contributed by atoms with E-state index in [0.29, 0.717) is 30.5 Å². The number of ketones is 2. The van der Waals surface area contributed by atoms with Gasteiger partial charge in [0.2, 0.25) is 0 Å². The number of halogens is 1. The highest BCUT2D eigenvalue weighted by Crippen LogP contribution is 2.16. The highest BCUT2D eigenvalue weighted by atomic mass is 19.1. The maximum absolute atomic E-state index is 13.2. The van der Waals surface area contributed by atoms with Gasteiger partial charge in [-0.2, -0.15) is 0 Å². The van der Waals surface area contributed by atoms with E-state index in [2.05, 4.69) is 0 Å². The van der Waals surface area contributed by atoms with Crippen molar-refractivity contribution in [2.24, 2.45) is 0 Å². The van der Waals surface area contributed by atoms with Gasteiger partial charge in [-0.1, -0.05) is 36.2 Å². The Labute approximate surface area is 154 Å². The summed E-state index contributed by atoms with van der Waals surface area (Å²) >= 11 is 0. The third kappa shape index (κ3) is 6.79. The van der Waals surface area contributed by atoms with E-state index in [9.17, 15) is 14.0 Å². The second-order valence-electron chi connectivity index (χ2n) is 6.82. The molecule has 2 aromatic rings. The van der Waals surface area contributed by atoms with Gasteiger partial charge in [0.25, 0.3) is 0 Å². The summed E-state index contributed by atoms with van der Waals surface area (Å²) < 4.78 is 13.2. The molecule has 0 fully saturated rings. The van der Waals surface area contributed by atoms with E-state index < -0.39 is 0 Å². The van der Waals surface area contributed by atoms with Gasteiger partial charge in [0.1, 0.15) is 17.4 Å². The lowest BCUT2D eigenvalue weighted by atomic mass is 10.0. The van der Waals surface area contributed by atoms with Gasteiger partial charge in [-0.3, -0.25) is 9.59 Å². The molecule has 0 aliphatic heterocycles. The molecule has 138 valence electrons. The van der Waals surface area contributed by atoms with Crippen LogP contribution in [0, 0.1) is 12.7 Å². The summed E-state index contributed by atoms with van der Waals surface area (Å²) in [5.41, 5.74) is 8.98. The Kier molecular flexibility index (Phi) is 7.52. The van der Waals surface area contributed by atoms with E-state index >= 15 is 0 Å². The third-order valence-electron chi connectivity index (χ3n) is 4.43. The average Bonchev–Trinajstić information content (AvgIpc) is 2.60. The van der Waals surface area contributed by atoms with Crippen LogP contribution in [0.25, 0.3) is 0 Å². The molecule has 3 nitrogen and oxygen atoms in total. The summed E-state index contributed by atoms with van der Waals surface area (Å²) in [5.74, 6) is -0.102. The van der Waals surface area contributed by atoms with Crippen molar-refractivity contribution in [3.8, 4) is 0 Å². The molecule has 26 heavy (non-hydrogen) atoms. The molecule has 0 aliphatic rings. The first-order chi connectivity index (χ1) is 12.4. The quantitative estimate of drug-likeness (QED) is 0.501. The molecule has 0 unspecified atom stereocenters. The van der Waals surface area contributed by atoms with Crippen LogP contribution in [-0.2, 0) is 22.4 Å². The van der Waals surface area contributed by atoms with Gasteiger partial charge in [0.05, 0.1) is 0 Å². The SMILES string of the molecule is Cc1ccc(CC(=O)CCCCCC(=O)Cc2cc(F)ccc2N)cc1. The maximum atomic E-state index is 13.2. The number of carbonyl (C=O) groups excluding carboxylic acids is 2. The first kappa shape index (κ1) is 19.8. The molecule has 0 amide bonds. The van der Waals surface area contributed by atoms with Crippen LogP contribution in [0.15, 0.2) is 42.5 Å². The Morgan fingerprint density at radius 3 is 2.15 bits per heavy atom. The molecule has 0 aromatic heterocycles. The first-order valence-corrected chi connectivity index (χ1v) is 9.07. The smallest absolute Gasteiger partial charge is 0.137 e. The van der Waals surface area contributed by atoms with Crippen LogP contribution in [0.5, 0.6) is 0 Å². The van der Waals surface area contributed by atoms with Crippen molar-refractivity contribution in [2.45, 2.75) is 51.9 Å². The number of hydrogen-bond acceptors (Lipinski definition) is 3. The van der Waals surface area contributed by atoms with E-state index in [4.69, 9.17) is 5.73 Å². The van der Waals surface area contributed by atoms with Gasteiger partial charge < -0.3 is 5.73 Å². The number of nitrogens with two attached hydrogens (primary N) is 1. The zero-order valence-corrected chi connectivity index (χ0v) is 15.3. The maximum Gasteiger partial charge on any atom is 0.137 e. The molecule has 0 bridgehead atoms. The molecule has 4 heteroatoms. The number of Topliss-reactive ketones (excluding diaryl/α,β-unsaturated/α-hetero) is 2. The third-order valence-corrected chi connectivity index (χ3v) is 4.43. The van der Waals surface area contributed by atoms with Crippen LogP contribution in [0.2, 0.25) is 0 Å². The van der Waals surface area contributed by atoms with Crippen molar-refractivity contribution in [1.82, 2.24) is 0 Å². The Morgan fingerprint density at radius 2 is 1.50 bits per heavy atom. The summed E-state index contributed by atoms with van der Waals surface area (Å²) in [7, 11) is 0. The molecule has 2 aromatic carbocycles. The normalized spacial score (nSPS) is 10.7. The Morgan fingerprint density at radius 1 is 0.885 bits per heavy atom. The minimum absolute atomic E-state index is 0.0493. The van der Waals surface area contributed by atoms with E-state index in [1.54, 1.807) is 0 Å². The van der Waals surface area contributed by atoms with Crippen molar-refractivity contribution in [3.63, 3.8) is 0 Å². The molecule has 0 atom stereocenters. The number of nitrogen functional groups attached to an aromatic ring is 1. The second-order valence-corrected chi connectivity index (χ2v) is 6.82. The van der Waals surface area contributed by atoms with Crippen molar-refractivity contribution < 1.29 is 14.0 Å². The number of rotatable bonds is 10. The zero-order valence-electron chi connectivity index (χ0n) is 15.3. The van der Waals surface area contributed by atoms with Crippen LogP contribution in [0.4, 0.5) is 10.1 Å². The van der Waals surface area contributed by atoms with E-state index in [1.165, 1.54) is 23.8 Å². The van der Waals surface area contributed by atoms with Gasteiger partial charge in [-0.25, -0.2) is 4.39 Å². The minimum Gasteiger partial charge on any atom is -0.398 e. The number of benzene rings is 2. The summed E-state index contributed by atoms with van der Waals surface area (Å²) in [6, 6.07) is 12.1. The number of unbranched alkanes of at least 4 members (excludes halogenated alkanes) is 2. The minimum atomic E-state index is -0.380. The lowest BCUT2D eigenvalue weighted by molar-refractivity contribution is -0.118. The highest BCUT2D eigenvalue weighted by Gasteiger charge is 2.09. The molecule has 0 saturated carbocycles. The van der Waals surface area contributed by atoms with Gasteiger partial charge in [0.15, 0.2) is 0 Å². The summed E-state index contributed by atoms with van der Waals surface area (Å²) in [5, 5.41) is 0. The Balaban J connectivity index is 1.62. The van der Waals surface area contributed by atoms with E-state index in [0.717, 1.165) is 24.8 Å². The number of carbonyl (C=O) groups is 2. The van der Waals surface area contributed by atoms with E-state index in [1.807, 2.05) is 31.2 Å². The van der Waals surface area contributed by atoms with Gasteiger partial charge in [-0.05, 0) is 49.1 Å². The fraction of sp³-hybridized carbons (Fsp3) is 0.364. The number of aryl methyl sites for hydroxylation is 1. The monoisotopic (exact) mass is 355 g/mol. The lowest BCUT2D eigenvalue weighted by Gasteiger charge is -2.06. The molecule has 0 saturated heterocycles. The van der Waals surface area contributed by atoms with Crippen molar-refractivity contribution in [2.75, 3.05) is 5.73 Å². The van der Waals surface area contributed by atoms with Crippen molar-refractivity contribution in [1.29, 1.82) is 0 Å². The Bertz CT molecular complexity index is 753. The number of hydrogen-bond donors (Lipinski definition) is 1. The van der Waals surface area contributed by atoms with Crippen molar-refractivity contribution in [3.05, 3.63) is 65.0 Å². The van der Waals surface area contributed by atoms with Gasteiger partial charge >= 0.3 is 0 Å². The van der Waals surface area contributed by atoms with Crippen molar-refractivity contribution >= 4 is 17.3 Å². The fourth-order valence-electron chi connectivity index (χ4n) is 2.87. The summed E-state index contributed by atoms with van der Waals surface area (Å²) in [6.45, 7) is 2.02. The lowest BCUT2D eigenvalue weighted by Crippen LogP contribution is -2.06. The standard InChI is InChI=1S/C22H26FNO2/c1-16-7-9-17(10-8-16)13-20(25)5-3-2-4-6-21(26)15-18-14-19(23)11-12-22(18)24/h7-12,14H,2-6,13,15,24H2,1H3. The molecular weight excluding hydrogens is 329 g/mol. The molecular formula is C22H26FNO2. The highest BCUT2D eigenvalue weighted by molar-refractivity contribution is 5.82. The predicted molar refractivity (Wildman–Crippen MR) is 102 cm³/mol. The number of anilines is 1. The largest absolute Gasteiger partial charge is 0.398 e. The predicted octanol–water partition coefficient (Wildman–Crippen LogP) is 4.59.